The van der Waals surface area contributed by atoms with Crippen molar-refractivity contribution in [1.82, 2.24) is 15.0 Å². The van der Waals surface area contributed by atoms with E-state index in [1.54, 1.807) is 25.4 Å². The molecule has 0 radical (unpaired) electrons. The number of carbonyl (C=O) groups is 1. The summed E-state index contributed by atoms with van der Waals surface area (Å²) in [4.78, 5) is 25.7. The predicted octanol–water partition coefficient (Wildman–Crippen LogP) is 3.66. The van der Waals surface area contributed by atoms with Crippen LogP contribution in [-0.2, 0) is 16.0 Å². The molecule has 1 aliphatic rings. The number of hydrogen-bond donors (Lipinski definition) is 2. The lowest BCUT2D eigenvalue weighted by Gasteiger charge is -2.20. The second-order valence-corrected chi connectivity index (χ2v) is 7.48. The maximum Gasteiger partial charge on any atom is 0.306 e. The van der Waals surface area contributed by atoms with Crippen LogP contribution in [0.3, 0.4) is 0 Å². The molecule has 148 valence electrons. The van der Waals surface area contributed by atoms with Crippen molar-refractivity contribution in [2.45, 2.75) is 35.8 Å². The van der Waals surface area contributed by atoms with E-state index in [0.717, 1.165) is 26.9 Å². The van der Waals surface area contributed by atoms with Gasteiger partial charge in [-0.15, -0.1) is 0 Å². The van der Waals surface area contributed by atoms with E-state index in [9.17, 15) is 9.90 Å². The highest BCUT2D eigenvalue weighted by atomic mass is 32.2. The molecule has 1 aromatic carbocycles. The third-order valence-electron chi connectivity index (χ3n) is 4.44. The number of pyridine rings is 1. The molecule has 0 fully saturated rings. The first kappa shape index (κ1) is 19.4. The predicted molar refractivity (Wildman–Crippen MR) is 109 cm³/mol. The lowest BCUT2D eigenvalue weighted by atomic mass is 10.0. The average Bonchev–Trinajstić information content (AvgIpc) is 2.76. The quantitative estimate of drug-likeness (QED) is 0.467. The standard InChI is InChI=1S/C21H20N4O3S/c1-2-28-18(26)9-7-14-4-3-5-15(24-14)19(27)13-6-8-17-16(12-13)25-20-21(29-17)23-11-10-22-20/h3-6,8,10-12,19,27H,2,7,9H2,1H3,(H,22,25). The summed E-state index contributed by atoms with van der Waals surface area (Å²) in [6, 6.07) is 11.2. The second kappa shape index (κ2) is 8.59. The highest BCUT2D eigenvalue weighted by molar-refractivity contribution is 7.99. The van der Waals surface area contributed by atoms with Gasteiger partial charge in [-0.25, -0.2) is 9.97 Å². The molecular formula is C21H20N4O3S. The van der Waals surface area contributed by atoms with Crippen molar-refractivity contribution in [3.05, 3.63) is 65.7 Å². The summed E-state index contributed by atoms with van der Waals surface area (Å²) in [7, 11) is 0. The fourth-order valence-electron chi connectivity index (χ4n) is 3.05. The molecule has 8 heteroatoms. The fourth-order valence-corrected chi connectivity index (χ4v) is 3.92. The van der Waals surface area contributed by atoms with Gasteiger partial charge in [0.15, 0.2) is 5.82 Å². The van der Waals surface area contributed by atoms with Gasteiger partial charge in [0.25, 0.3) is 0 Å². The molecule has 3 heterocycles. The number of aliphatic hydroxyl groups excluding tert-OH is 1. The van der Waals surface area contributed by atoms with Crippen molar-refractivity contribution in [2.24, 2.45) is 0 Å². The molecule has 3 aromatic rings. The Labute approximate surface area is 172 Å². The fraction of sp³-hybridized carbons (Fsp3) is 0.238. The van der Waals surface area contributed by atoms with Crippen LogP contribution in [0.15, 0.2) is 58.7 Å². The molecule has 0 spiro atoms. The minimum atomic E-state index is -0.877. The third-order valence-corrected chi connectivity index (χ3v) is 5.51. The molecule has 1 unspecified atom stereocenters. The molecule has 0 bridgehead atoms. The van der Waals surface area contributed by atoms with Crippen LogP contribution in [0.2, 0.25) is 0 Å². The lowest BCUT2D eigenvalue weighted by molar-refractivity contribution is -0.143. The third kappa shape index (κ3) is 4.38. The van der Waals surface area contributed by atoms with Gasteiger partial charge in [-0.2, -0.15) is 0 Å². The van der Waals surface area contributed by atoms with E-state index in [-0.39, 0.29) is 12.4 Å². The number of nitrogens with one attached hydrogen (secondary N) is 1. The van der Waals surface area contributed by atoms with Gasteiger partial charge in [-0.3, -0.25) is 9.78 Å². The normalized spacial score (nSPS) is 13.0. The zero-order chi connectivity index (χ0) is 20.2. The first-order valence-corrected chi connectivity index (χ1v) is 10.1. The van der Waals surface area contributed by atoms with Crippen molar-refractivity contribution in [1.29, 1.82) is 0 Å². The number of aliphatic hydroxyl groups is 1. The molecule has 1 aliphatic heterocycles. The monoisotopic (exact) mass is 408 g/mol. The van der Waals surface area contributed by atoms with E-state index in [0.29, 0.717) is 24.5 Å². The highest BCUT2D eigenvalue weighted by Gasteiger charge is 2.20. The number of esters is 1. The number of anilines is 2. The molecule has 7 nitrogen and oxygen atoms in total. The number of rotatable bonds is 6. The van der Waals surface area contributed by atoms with E-state index < -0.39 is 6.10 Å². The summed E-state index contributed by atoms with van der Waals surface area (Å²) in [6.45, 7) is 2.15. The summed E-state index contributed by atoms with van der Waals surface area (Å²) >= 11 is 1.54. The number of carbonyl (C=O) groups excluding carboxylic acids is 1. The molecule has 2 aromatic heterocycles. The molecule has 29 heavy (non-hydrogen) atoms. The Morgan fingerprint density at radius 1 is 1.24 bits per heavy atom. The molecule has 0 amide bonds. The number of ether oxygens (including phenoxy) is 1. The van der Waals surface area contributed by atoms with Crippen LogP contribution < -0.4 is 5.32 Å². The summed E-state index contributed by atoms with van der Waals surface area (Å²) in [5, 5.41) is 14.9. The van der Waals surface area contributed by atoms with E-state index in [4.69, 9.17) is 4.74 Å². The van der Waals surface area contributed by atoms with E-state index in [1.807, 2.05) is 30.3 Å². The van der Waals surface area contributed by atoms with Crippen LogP contribution in [0.1, 0.15) is 36.4 Å². The Morgan fingerprint density at radius 3 is 2.97 bits per heavy atom. The largest absolute Gasteiger partial charge is 0.466 e. The first-order valence-electron chi connectivity index (χ1n) is 9.33. The SMILES string of the molecule is CCOC(=O)CCc1cccc(C(O)c2ccc3c(c2)Nc2nccnc2S3)n1. The van der Waals surface area contributed by atoms with Gasteiger partial charge in [-0.05, 0) is 36.8 Å². The van der Waals surface area contributed by atoms with Crippen molar-refractivity contribution in [2.75, 3.05) is 11.9 Å². The zero-order valence-corrected chi connectivity index (χ0v) is 16.6. The summed E-state index contributed by atoms with van der Waals surface area (Å²) in [5.41, 5.74) is 2.87. The van der Waals surface area contributed by atoms with Crippen molar-refractivity contribution < 1.29 is 14.6 Å². The van der Waals surface area contributed by atoms with Gasteiger partial charge >= 0.3 is 5.97 Å². The number of fused-ring (bicyclic) bond motifs is 2. The zero-order valence-electron chi connectivity index (χ0n) is 15.8. The number of hydrogen-bond acceptors (Lipinski definition) is 8. The van der Waals surface area contributed by atoms with Crippen LogP contribution in [0.4, 0.5) is 11.5 Å². The molecule has 2 N–H and O–H groups in total. The molecule has 0 saturated carbocycles. The number of aromatic nitrogens is 3. The highest BCUT2D eigenvalue weighted by Crippen LogP contribution is 2.42. The Hall–Kier alpha value is -2.97. The molecule has 0 aliphatic carbocycles. The van der Waals surface area contributed by atoms with Gasteiger partial charge in [0.05, 0.1) is 24.4 Å². The lowest BCUT2D eigenvalue weighted by Crippen LogP contribution is -2.09. The summed E-state index contributed by atoms with van der Waals surface area (Å²) in [5.74, 6) is 0.456. The molecule has 1 atom stereocenters. The van der Waals surface area contributed by atoms with Crippen LogP contribution in [0, 0.1) is 0 Å². The Bertz CT molecular complexity index is 1040. The molecule has 0 saturated heterocycles. The number of benzene rings is 1. The summed E-state index contributed by atoms with van der Waals surface area (Å²) < 4.78 is 4.95. The number of nitrogens with zero attached hydrogens (tertiary/aromatic N) is 3. The van der Waals surface area contributed by atoms with Crippen molar-refractivity contribution in [3.63, 3.8) is 0 Å². The van der Waals surface area contributed by atoms with Crippen LogP contribution in [0.5, 0.6) is 0 Å². The van der Waals surface area contributed by atoms with Gasteiger partial charge in [0.2, 0.25) is 0 Å². The smallest absolute Gasteiger partial charge is 0.306 e. The van der Waals surface area contributed by atoms with E-state index in [2.05, 4.69) is 20.3 Å². The Morgan fingerprint density at radius 2 is 2.10 bits per heavy atom. The van der Waals surface area contributed by atoms with Gasteiger partial charge in [0.1, 0.15) is 11.1 Å². The molecule has 4 rings (SSSR count). The summed E-state index contributed by atoms with van der Waals surface area (Å²) in [6.07, 6.45) is 3.16. The van der Waals surface area contributed by atoms with Crippen LogP contribution in [0.25, 0.3) is 0 Å². The van der Waals surface area contributed by atoms with Crippen LogP contribution in [-0.4, -0.2) is 32.6 Å². The Balaban J connectivity index is 1.51. The average molecular weight is 408 g/mol. The van der Waals surface area contributed by atoms with E-state index >= 15 is 0 Å². The van der Waals surface area contributed by atoms with Crippen LogP contribution >= 0.6 is 11.8 Å². The van der Waals surface area contributed by atoms with Gasteiger partial charge < -0.3 is 15.2 Å². The topological polar surface area (TPSA) is 97.2 Å². The maximum atomic E-state index is 11.6. The maximum absolute atomic E-state index is 11.6. The van der Waals surface area contributed by atoms with Gasteiger partial charge in [-0.1, -0.05) is 23.9 Å². The number of aryl methyl sites for hydroxylation is 1. The van der Waals surface area contributed by atoms with Gasteiger partial charge in [0, 0.05) is 29.4 Å². The minimum Gasteiger partial charge on any atom is -0.466 e. The minimum absolute atomic E-state index is 0.248. The molecular weight excluding hydrogens is 388 g/mol. The van der Waals surface area contributed by atoms with E-state index in [1.165, 1.54) is 11.8 Å². The van der Waals surface area contributed by atoms with Crippen molar-refractivity contribution >= 4 is 29.2 Å². The Kier molecular flexibility index (Phi) is 5.73. The second-order valence-electron chi connectivity index (χ2n) is 6.45. The van der Waals surface area contributed by atoms with Crippen molar-refractivity contribution in [3.8, 4) is 0 Å². The first-order chi connectivity index (χ1) is 14.1.